The molecule has 15 heavy (non-hydrogen) atoms. The maximum atomic E-state index is 11.6. The Kier molecular flexibility index (Phi) is 3.42. The molecule has 1 aromatic rings. The van der Waals surface area contributed by atoms with Crippen LogP contribution in [0.5, 0.6) is 0 Å². The summed E-state index contributed by atoms with van der Waals surface area (Å²) in [5, 5.41) is 0. The highest BCUT2D eigenvalue weighted by molar-refractivity contribution is 5.77. The van der Waals surface area contributed by atoms with Gasteiger partial charge in [0.05, 0.1) is 0 Å². The van der Waals surface area contributed by atoms with Gasteiger partial charge < -0.3 is 10.5 Å². The summed E-state index contributed by atoms with van der Waals surface area (Å²) < 4.78 is 5.16. The first-order valence-electron chi connectivity index (χ1n) is 4.78. The van der Waals surface area contributed by atoms with Crippen molar-refractivity contribution in [3.05, 3.63) is 30.1 Å². The maximum absolute atomic E-state index is 11.6. The van der Waals surface area contributed by atoms with Crippen molar-refractivity contribution in [2.45, 2.75) is 32.4 Å². The predicted molar refractivity (Wildman–Crippen MR) is 57.0 cm³/mol. The summed E-state index contributed by atoms with van der Waals surface area (Å²) in [4.78, 5) is 15.5. The van der Waals surface area contributed by atoms with E-state index >= 15 is 0 Å². The molecule has 82 valence electrons. The first kappa shape index (κ1) is 11.7. The van der Waals surface area contributed by atoms with Crippen molar-refractivity contribution < 1.29 is 9.53 Å². The first-order valence-corrected chi connectivity index (χ1v) is 4.78. The quantitative estimate of drug-likeness (QED) is 0.746. The van der Waals surface area contributed by atoms with Crippen LogP contribution in [-0.2, 0) is 9.53 Å². The first-order chi connectivity index (χ1) is 6.90. The van der Waals surface area contributed by atoms with Crippen molar-refractivity contribution in [2.75, 3.05) is 0 Å². The van der Waals surface area contributed by atoms with E-state index in [4.69, 9.17) is 10.5 Å². The van der Waals surface area contributed by atoms with Crippen molar-refractivity contribution >= 4 is 5.97 Å². The molecule has 0 spiro atoms. The van der Waals surface area contributed by atoms with Crippen LogP contribution in [0.1, 0.15) is 32.4 Å². The lowest BCUT2D eigenvalue weighted by Crippen LogP contribution is -2.31. The van der Waals surface area contributed by atoms with E-state index in [1.807, 2.05) is 0 Å². The molecule has 0 aromatic carbocycles. The van der Waals surface area contributed by atoms with Crippen molar-refractivity contribution in [3.8, 4) is 0 Å². The van der Waals surface area contributed by atoms with Gasteiger partial charge in [0.2, 0.25) is 0 Å². The lowest BCUT2D eigenvalue weighted by molar-refractivity contribution is -0.156. The van der Waals surface area contributed by atoms with Gasteiger partial charge in [0.25, 0.3) is 0 Å². The number of carbonyl (C=O) groups is 1. The Hall–Kier alpha value is -1.42. The average Bonchev–Trinajstić information content (AvgIpc) is 2.15. The lowest BCUT2D eigenvalue weighted by atomic mass is 10.1. The van der Waals surface area contributed by atoms with Gasteiger partial charge >= 0.3 is 5.97 Å². The summed E-state index contributed by atoms with van der Waals surface area (Å²) in [7, 11) is 0. The summed E-state index contributed by atoms with van der Waals surface area (Å²) in [6, 6.07) is 2.72. The van der Waals surface area contributed by atoms with Gasteiger partial charge in [0.1, 0.15) is 11.6 Å². The number of nitrogens with two attached hydrogens (primary N) is 1. The molecule has 0 bridgehead atoms. The topological polar surface area (TPSA) is 65.2 Å². The van der Waals surface area contributed by atoms with E-state index in [0.717, 1.165) is 0 Å². The zero-order valence-electron chi connectivity index (χ0n) is 9.23. The van der Waals surface area contributed by atoms with Crippen molar-refractivity contribution in [1.29, 1.82) is 0 Å². The molecule has 0 amide bonds. The normalized spacial score (nSPS) is 13.3. The Morgan fingerprint density at radius 1 is 1.53 bits per heavy atom. The minimum atomic E-state index is -0.766. The number of hydrogen-bond donors (Lipinski definition) is 1. The SMILES string of the molecule is CC(C)(C)OC(=O)[C@H](N)c1cccnc1. The number of esters is 1. The summed E-state index contributed by atoms with van der Waals surface area (Å²) in [6.45, 7) is 5.42. The fraction of sp³-hybridized carbons (Fsp3) is 0.455. The Morgan fingerprint density at radius 2 is 2.20 bits per heavy atom. The maximum Gasteiger partial charge on any atom is 0.328 e. The predicted octanol–water partition coefficient (Wildman–Crippen LogP) is 1.42. The number of hydrogen-bond acceptors (Lipinski definition) is 4. The summed E-state index contributed by atoms with van der Waals surface area (Å²) in [5.74, 6) is -0.435. The highest BCUT2D eigenvalue weighted by Gasteiger charge is 2.23. The van der Waals surface area contributed by atoms with Crippen LogP contribution in [0.2, 0.25) is 0 Å². The van der Waals surface area contributed by atoms with Crippen LogP contribution in [0.25, 0.3) is 0 Å². The van der Waals surface area contributed by atoms with E-state index in [0.29, 0.717) is 5.56 Å². The van der Waals surface area contributed by atoms with E-state index in [9.17, 15) is 4.79 Å². The second-order valence-corrected chi connectivity index (χ2v) is 4.30. The highest BCUT2D eigenvalue weighted by atomic mass is 16.6. The Labute approximate surface area is 89.5 Å². The molecule has 2 N–H and O–H groups in total. The van der Waals surface area contributed by atoms with E-state index in [2.05, 4.69) is 4.98 Å². The molecule has 4 nitrogen and oxygen atoms in total. The monoisotopic (exact) mass is 208 g/mol. The Balaban J connectivity index is 2.70. The number of rotatable bonds is 2. The summed E-state index contributed by atoms with van der Waals surface area (Å²) >= 11 is 0. The Morgan fingerprint density at radius 3 is 2.67 bits per heavy atom. The molecular formula is C11H16N2O2. The fourth-order valence-electron chi connectivity index (χ4n) is 1.06. The van der Waals surface area contributed by atoms with Gasteiger partial charge in [-0.1, -0.05) is 6.07 Å². The van der Waals surface area contributed by atoms with E-state index < -0.39 is 17.6 Å². The van der Waals surface area contributed by atoms with E-state index in [1.165, 1.54) is 0 Å². The standard InChI is InChI=1S/C11H16N2O2/c1-11(2,3)15-10(14)9(12)8-5-4-6-13-7-8/h4-7,9H,12H2,1-3H3/t9-/m1/s1. The van der Waals surface area contributed by atoms with E-state index in [1.54, 1.807) is 45.3 Å². The third-order valence-corrected chi connectivity index (χ3v) is 1.70. The Bertz CT molecular complexity index is 330. The zero-order valence-corrected chi connectivity index (χ0v) is 9.23. The molecule has 0 radical (unpaired) electrons. The molecule has 1 atom stereocenters. The molecule has 0 saturated carbocycles. The van der Waals surface area contributed by atoms with Gasteiger partial charge in [-0.05, 0) is 32.4 Å². The lowest BCUT2D eigenvalue weighted by Gasteiger charge is -2.22. The molecule has 0 saturated heterocycles. The second-order valence-electron chi connectivity index (χ2n) is 4.30. The summed E-state index contributed by atoms with van der Waals surface area (Å²) in [5.41, 5.74) is 5.87. The van der Waals surface area contributed by atoms with Crippen LogP contribution in [0, 0.1) is 0 Å². The van der Waals surface area contributed by atoms with Gasteiger partial charge in [-0.25, -0.2) is 4.79 Å². The number of ether oxygens (including phenoxy) is 1. The number of aromatic nitrogens is 1. The molecule has 1 heterocycles. The van der Waals surface area contributed by atoms with Gasteiger partial charge in [-0.2, -0.15) is 0 Å². The molecule has 0 aliphatic carbocycles. The molecule has 0 unspecified atom stereocenters. The zero-order chi connectivity index (χ0) is 11.5. The average molecular weight is 208 g/mol. The van der Waals surface area contributed by atoms with Crippen molar-refractivity contribution in [2.24, 2.45) is 5.73 Å². The van der Waals surface area contributed by atoms with E-state index in [-0.39, 0.29) is 0 Å². The van der Waals surface area contributed by atoms with Crippen LogP contribution in [0.3, 0.4) is 0 Å². The van der Waals surface area contributed by atoms with Crippen LogP contribution in [-0.4, -0.2) is 16.6 Å². The highest BCUT2D eigenvalue weighted by Crippen LogP contribution is 2.15. The van der Waals surface area contributed by atoms with Crippen LogP contribution >= 0.6 is 0 Å². The number of pyridine rings is 1. The number of nitrogens with zero attached hydrogens (tertiary/aromatic N) is 1. The molecule has 0 fully saturated rings. The van der Waals surface area contributed by atoms with Crippen LogP contribution in [0.15, 0.2) is 24.5 Å². The molecule has 0 aliphatic heterocycles. The van der Waals surface area contributed by atoms with Crippen molar-refractivity contribution in [3.63, 3.8) is 0 Å². The minimum Gasteiger partial charge on any atom is -0.459 e. The van der Waals surface area contributed by atoms with Crippen LogP contribution in [0.4, 0.5) is 0 Å². The van der Waals surface area contributed by atoms with Crippen molar-refractivity contribution in [1.82, 2.24) is 4.98 Å². The molecule has 1 aromatic heterocycles. The molecular weight excluding hydrogens is 192 g/mol. The molecule has 1 rings (SSSR count). The van der Waals surface area contributed by atoms with Gasteiger partial charge in [0.15, 0.2) is 0 Å². The largest absolute Gasteiger partial charge is 0.459 e. The number of carbonyl (C=O) groups excluding carboxylic acids is 1. The minimum absolute atomic E-state index is 0.435. The fourth-order valence-corrected chi connectivity index (χ4v) is 1.06. The second kappa shape index (κ2) is 4.40. The van der Waals surface area contributed by atoms with Gasteiger partial charge in [-0.3, -0.25) is 4.98 Å². The smallest absolute Gasteiger partial charge is 0.328 e. The van der Waals surface area contributed by atoms with Gasteiger partial charge in [0, 0.05) is 12.4 Å². The summed E-state index contributed by atoms with van der Waals surface area (Å²) in [6.07, 6.45) is 3.19. The third kappa shape index (κ3) is 3.67. The third-order valence-electron chi connectivity index (χ3n) is 1.70. The molecule has 4 heteroatoms. The van der Waals surface area contributed by atoms with Crippen LogP contribution < -0.4 is 5.73 Å². The molecule has 0 aliphatic rings. The van der Waals surface area contributed by atoms with Gasteiger partial charge in [-0.15, -0.1) is 0 Å².